The van der Waals surface area contributed by atoms with Crippen molar-refractivity contribution in [3.8, 4) is 0 Å². The van der Waals surface area contributed by atoms with Crippen LogP contribution in [0.15, 0.2) is 0 Å². The number of unbranched alkanes of at least 4 members (excludes halogenated alkanes) is 9. The molecule has 0 aliphatic carbocycles. The number of aliphatic hydroxyl groups is 1. The van der Waals surface area contributed by atoms with Gasteiger partial charge >= 0.3 is 0 Å². The lowest BCUT2D eigenvalue weighted by atomic mass is 9.87. The zero-order valence-corrected chi connectivity index (χ0v) is 15.3. The highest BCUT2D eigenvalue weighted by Crippen LogP contribution is 2.42. The van der Waals surface area contributed by atoms with Crippen LogP contribution in [0.4, 0.5) is 0 Å². The highest BCUT2D eigenvalue weighted by atomic mass is 32.2. The van der Waals surface area contributed by atoms with Crippen LogP contribution < -0.4 is 0 Å². The Labute approximate surface area is 139 Å². The molecule has 2 heterocycles. The molecule has 2 saturated heterocycles. The van der Waals surface area contributed by atoms with Crippen LogP contribution in [0, 0.1) is 0 Å². The molecule has 3 heteroatoms. The fourth-order valence-corrected chi connectivity index (χ4v) is 6.55. The van der Waals surface area contributed by atoms with Crippen LogP contribution in [0.5, 0.6) is 0 Å². The summed E-state index contributed by atoms with van der Waals surface area (Å²) in [6.07, 6.45) is 18.1. The Hall–Kier alpha value is 0.110. The summed E-state index contributed by atoms with van der Waals surface area (Å²) >= 11 is 0. The second kappa shape index (κ2) is 9.42. The summed E-state index contributed by atoms with van der Waals surface area (Å²) in [4.78, 5) is 0. The van der Waals surface area contributed by atoms with Crippen LogP contribution in [0.1, 0.15) is 103 Å². The van der Waals surface area contributed by atoms with E-state index in [0.717, 1.165) is 38.5 Å². The summed E-state index contributed by atoms with van der Waals surface area (Å²) in [5, 5.41) is 11.4. The van der Waals surface area contributed by atoms with Gasteiger partial charge in [0.1, 0.15) is 0 Å². The van der Waals surface area contributed by atoms with Gasteiger partial charge in [-0.25, -0.2) is 0 Å². The molecule has 130 valence electrons. The van der Waals surface area contributed by atoms with Crippen LogP contribution in [0.25, 0.3) is 0 Å². The number of hydrogen-bond donors (Lipinski definition) is 1. The van der Waals surface area contributed by atoms with E-state index in [1.165, 1.54) is 57.8 Å². The minimum absolute atomic E-state index is 0.298. The topological polar surface area (TPSA) is 37.3 Å². The Morgan fingerprint density at radius 1 is 0.864 bits per heavy atom. The van der Waals surface area contributed by atoms with Gasteiger partial charge in [0, 0.05) is 21.3 Å². The molecule has 0 saturated carbocycles. The standard InChI is InChI=1S/C19H36O2S/c1-2-3-4-5-6-7-8-9-10-11-14-19(20)15-17-12-13-18(16-19)22(17)21/h17-18,20H,2-16H2,1H3. The van der Waals surface area contributed by atoms with Crippen molar-refractivity contribution in [2.24, 2.45) is 0 Å². The molecule has 2 aliphatic heterocycles. The monoisotopic (exact) mass is 328 g/mol. The van der Waals surface area contributed by atoms with Crippen molar-refractivity contribution >= 4 is 10.8 Å². The minimum Gasteiger partial charge on any atom is -0.390 e. The number of hydrogen-bond acceptors (Lipinski definition) is 2. The van der Waals surface area contributed by atoms with Crippen molar-refractivity contribution in [3.63, 3.8) is 0 Å². The second-order valence-corrected chi connectivity index (χ2v) is 9.70. The highest BCUT2D eigenvalue weighted by Gasteiger charge is 2.46. The third-order valence-corrected chi connectivity index (χ3v) is 7.80. The highest BCUT2D eigenvalue weighted by molar-refractivity contribution is 7.86. The second-order valence-electron chi connectivity index (χ2n) is 7.71. The first kappa shape index (κ1) is 18.4. The van der Waals surface area contributed by atoms with Gasteiger partial charge < -0.3 is 5.11 Å². The zero-order chi connectivity index (χ0) is 15.8. The largest absolute Gasteiger partial charge is 0.390 e. The normalized spacial score (nSPS) is 34.2. The molecular formula is C19H36O2S. The Balaban J connectivity index is 1.48. The van der Waals surface area contributed by atoms with Gasteiger partial charge in [0.25, 0.3) is 0 Å². The molecule has 2 atom stereocenters. The van der Waals surface area contributed by atoms with Gasteiger partial charge in [-0.05, 0) is 32.1 Å². The van der Waals surface area contributed by atoms with E-state index in [0.29, 0.717) is 10.5 Å². The SMILES string of the molecule is CCCCCCCCCCCCC1(O)CC2CCC(C1)S2=O. The van der Waals surface area contributed by atoms with E-state index in [1.54, 1.807) is 0 Å². The van der Waals surface area contributed by atoms with Crippen molar-refractivity contribution < 1.29 is 9.32 Å². The molecule has 0 aromatic carbocycles. The first-order chi connectivity index (χ1) is 10.6. The van der Waals surface area contributed by atoms with E-state index in [4.69, 9.17) is 0 Å². The van der Waals surface area contributed by atoms with Crippen LogP contribution in [0.3, 0.4) is 0 Å². The Morgan fingerprint density at radius 2 is 1.32 bits per heavy atom. The molecule has 2 bridgehead atoms. The Morgan fingerprint density at radius 3 is 1.82 bits per heavy atom. The number of fused-ring (bicyclic) bond motifs is 2. The summed E-state index contributed by atoms with van der Waals surface area (Å²) in [5.41, 5.74) is -0.486. The summed E-state index contributed by atoms with van der Waals surface area (Å²) in [6.45, 7) is 2.27. The molecule has 2 unspecified atom stereocenters. The lowest BCUT2D eigenvalue weighted by Gasteiger charge is -2.36. The van der Waals surface area contributed by atoms with E-state index in [9.17, 15) is 9.32 Å². The van der Waals surface area contributed by atoms with Gasteiger partial charge in [0.05, 0.1) is 5.60 Å². The lowest BCUT2D eigenvalue weighted by molar-refractivity contribution is 0.0119. The van der Waals surface area contributed by atoms with Crippen molar-refractivity contribution in [2.75, 3.05) is 0 Å². The Bertz CT molecular complexity index is 326. The fraction of sp³-hybridized carbons (Fsp3) is 1.00. The maximum Gasteiger partial charge on any atom is 0.0670 e. The van der Waals surface area contributed by atoms with Gasteiger partial charge in [0.2, 0.25) is 0 Å². The van der Waals surface area contributed by atoms with Gasteiger partial charge in [-0.2, -0.15) is 0 Å². The quantitative estimate of drug-likeness (QED) is 0.536. The molecule has 0 aromatic heterocycles. The van der Waals surface area contributed by atoms with Gasteiger partial charge in [0.15, 0.2) is 0 Å². The molecule has 0 radical (unpaired) electrons. The Kier molecular flexibility index (Phi) is 7.90. The first-order valence-corrected chi connectivity index (χ1v) is 11.0. The molecule has 0 spiro atoms. The van der Waals surface area contributed by atoms with Gasteiger partial charge in [-0.3, -0.25) is 4.21 Å². The smallest absolute Gasteiger partial charge is 0.0670 e. The number of rotatable bonds is 11. The first-order valence-electron chi connectivity index (χ1n) is 9.76. The lowest BCUT2D eigenvalue weighted by Crippen LogP contribution is -2.42. The van der Waals surface area contributed by atoms with Crippen molar-refractivity contribution in [1.29, 1.82) is 0 Å². The van der Waals surface area contributed by atoms with E-state index >= 15 is 0 Å². The van der Waals surface area contributed by atoms with Crippen molar-refractivity contribution in [1.82, 2.24) is 0 Å². The fourth-order valence-electron chi connectivity index (χ4n) is 4.32. The maximum absolute atomic E-state index is 12.0. The third kappa shape index (κ3) is 5.63. The van der Waals surface area contributed by atoms with Gasteiger partial charge in [-0.1, -0.05) is 71.1 Å². The zero-order valence-electron chi connectivity index (χ0n) is 14.5. The summed E-state index contributed by atoms with van der Waals surface area (Å²) in [7, 11) is -0.641. The maximum atomic E-state index is 12.0. The van der Waals surface area contributed by atoms with Gasteiger partial charge in [-0.15, -0.1) is 0 Å². The minimum atomic E-state index is -0.641. The van der Waals surface area contributed by atoms with Crippen LogP contribution in [-0.4, -0.2) is 25.4 Å². The van der Waals surface area contributed by atoms with E-state index in [2.05, 4.69) is 6.92 Å². The average Bonchev–Trinajstić information content (AvgIpc) is 2.73. The molecule has 2 aliphatic rings. The van der Waals surface area contributed by atoms with Crippen LogP contribution in [-0.2, 0) is 10.8 Å². The van der Waals surface area contributed by atoms with Crippen molar-refractivity contribution in [2.45, 2.75) is 119 Å². The average molecular weight is 329 g/mol. The molecule has 0 amide bonds. The van der Waals surface area contributed by atoms with Crippen molar-refractivity contribution in [3.05, 3.63) is 0 Å². The van der Waals surface area contributed by atoms with Crippen LogP contribution in [0.2, 0.25) is 0 Å². The molecule has 2 fully saturated rings. The molecule has 0 aromatic rings. The summed E-state index contributed by atoms with van der Waals surface area (Å²) in [6, 6.07) is 0. The molecule has 22 heavy (non-hydrogen) atoms. The van der Waals surface area contributed by atoms with E-state index in [1.807, 2.05) is 0 Å². The summed E-state index contributed by atoms with van der Waals surface area (Å²) in [5.74, 6) is 0. The predicted octanol–water partition coefficient (Wildman–Crippen LogP) is 5.10. The predicted molar refractivity (Wildman–Crippen MR) is 95.6 cm³/mol. The molecule has 1 N–H and O–H groups in total. The summed E-state index contributed by atoms with van der Waals surface area (Å²) < 4.78 is 12.0. The molecule has 2 nitrogen and oxygen atoms in total. The van der Waals surface area contributed by atoms with E-state index < -0.39 is 16.4 Å². The molecular weight excluding hydrogens is 292 g/mol. The van der Waals surface area contributed by atoms with E-state index in [-0.39, 0.29) is 0 Å². The third-order valence-electron chi connectivity index (χ3n) is 5.68. The van der Waals surface area contributed by atoms with Crippen LogP contribution >= 0.6 is 0 Å². The molecule has 2 rings (SSSR count).